The molecule has 1 heterocycles. The highest BCUT2D eigenvalue weighted by Crippen LogP contribution is 2.45. The van der Waals surface area contributed by atoms with Crippen molar-refractivity contribution in [1.29, 1.82) is 0 Å². The summed E-state index contributed by atoms with van der Waals surface area (Å²) < 4.78 is 18.3. The van der Waals surface area contributed by atoms with E-state index in [1.54, 1.807) is 14.2 Å². The molecule has 1 aliphatic heterocycles. The topological polar surface area (TPSA) is 68.2 Å². The highest BCUT2D eigenvalue weighted by molar-refractivity contribution is 9.10. The Morgan fingerprint density at radius 2 is 1.77 bits per heavy atom. The van der Waals surface area contributed by atoms with Crippen molar-refractivity contribution in [1.82, 2.24) is 4.90 Å². The van der Waals surface area contributed by atoms with Crippen LogP contribution in [-0.2, 0) is 4.79 Å². The molecule has 7 heteroatoms. The molecule has 1 saturated heterocycles. The Hall–Kier alpha value is -2.25. The average Bonchev–Trinajstić information content (AvgIpc) is 2.76. The highest BCUT2D eigenvalue weighted by atomic mass is 79.9. The van der Waals surface area contributed by atoms with Crippen molar-refractivity contribution in [2.75, 3.05) is 33.9 Å². The van der Waals surface area contributed by atoms with Gasteiger partial charge < -0.3 is 19.3 Å². The van der Waals surface area contributed by atoms with Crippen LogP contribution in [0.5, 0.6) is 17.2 Å². The predicted octanol–water partition coefficient (Wildman–Crippen LogP) is 4.75. The van der Waals surface area contributed by atoms with Crippen molar-refractivity contribution in [3.63, 3.8) is 0 Å². The first-order valence-corrected chi connectivity index (χ1v) is 10.9. The fourth-order valence-electron chi connectivity index (χ4n) is 4.11. The molecule has 0 radical (unpaired) electrons. The molecule has 1 fully saturated rings. The zero-order valence-electron chi connectivity index (χ0n) is 17.6. The molecule has 30 heavy (non-hydrogen) atoms. The number of carboxylic acid groups (broad SMARTS) is 1. The number of aliphatic carboxylic acids is 1. The maximum atomic E-state index is 11.5. The number of hydrogen-bond donors (Lipinski definition) is 1. The third-order valence-electron chi connectivity index (χ3n) is 5.55. The first-order chi connectivity index (χ1) is 14.5. The number of rotatable bonds is 8. The van der Waals surface area contributed by atoms with Crippen LogP contribution in [0.4, 0.5) is 0 Å². The van der Waals surface area contributed by atoms with Crippen molar-refractivity contribution in [3.8, 4) is 17.2 Å². The van der Waals surface area contributed by atoms with E-state index >= 15 is 0 Å². The molecule has 1 unspecified atom stereocenters. The number of ether oxygens (including phenoxy) is 3. The summed E-state index contributed by atoms with van der Waals surface area (Å²) in [5, 5.41) is 9.43. The number of halogens is 1. The van der Waals surface area contributed by atoms with Crippen LogP contribution in [0.15, 0.2) is 40.9 Å². The van der Waals surface area contributed by atoms with E-state index in [0.717, 1.165) is 32.8 Å². The lowest BCUT2D eigenvalue weighted by Crippen LogP contribution is -2.39. The van der Waals surface area contributed by atoms with Crippen LogP contribution < -0.4 is 14.2 Å². The second-order valence-corrected chi connectivity index (χ2v) is 8.16. The molecular weight excluding hydrogens is 450 g/mol. The van der Waals surface area contributed by atoms with Crippen LogP contribution in [0.1, 0.15) is 36.9 Å². The van der Waals surface area contributed by atoms with E-state index in [9.17, 15) is 9.90 Å². The Morgan fingerprint density at radius 1 is 1.13 bits per heavy atom. The first kappa shape index (κ1) is 22.4. The first-order valence-electron chi connectivity index (χ1n) is 10.1. The van der Waals surface area contributed by atoms with Crippen LogP contribution in [-0.4, -0.2) is 49.9 Å². The van der Waals surface area contributed by atoms with E-state index in [4.69, 9.17) is 14.2 Å². The molecule has 1 atom stereocenters. The molecule has 2 aromatic rings. The molecule has 3 rings (SSSR count). The summed E-state index contributed by atoms with van der Waals surface area (Å²) in [6, 6.07) is 11.5. The largest absolute Gasteiger partial charge is 0.496 e. The maximum Gasteiger partial charge on any atom is 0.306 e. The summed E-state index contributed by atoms with van der Waals surface area (Å²) >= 11 is 3.60. The van der Waals surface area contributed by atoms with Gasteiger partial charge in [-0.15, -0.1) is 0 Å². The third-order valence-corrected chi connectivity index (χ3v) is 6.04. The second-order valence-electron chi connectivity index (χ2n) is 7.24. The van der Waals surface area contributed by atoms with E-state index in [-0.39, 0.29) is 12.0 Å². The zero-order valence-corrected chi connectivity index (χ0v) is 19.1. The summed E-state index contributed by atoms with van der Waals surface area (Å²) in [6.45, 7) is 3.82. The second kappa shape index (κ2) is 10.2. The summed E-state index contributed by atoms with van der Waals surface area (Å²) in [5.74, 6) is 1.21. The van der Waals surface area contributed by atoms with Gasteiger partial charge in [0, 0.05) is 10.0 Å². The third kappa shape index (κ3) is 4.73. The van der Waals surface area contributed by atoms with Crippen molar-refractivity contribution in [2.45, 2.75) is 25.8 Å². The van der Waals surface area contributed by atoms with Gasteiger partial charge in [0.15, 0.2) is 0 Å². The number of piperidine rings is 1. The molecule has 0 aliphatic carbocycles. The Balaban J connectivity index is 2.15. The van der Waals surface area contributed by atoms with E-state index < -0.39 is 5.97 Å². The number of carbonyl (C=O) groups is 1. The lowest BCUT2D eigenvalue weighted by atomic mass is 9.90. The minimum Gasteiger partial charge on any atom is -0.496 e. The molecule has 0 saturated carbocycles. The van der Waals surface area contributed by atoms with Crippen LogP contribution in [0.2, 0.25) is 0 Å². The number of carboxylic acids is 1. The molecule has 0 amide bonds. The van der Waals surface area contributed by atoms with Gasteiger partial charge in [-0.3, -0.25) is 9.69 Å². The van der Waals surface area contributed by atoms with E-state index in [1.165, 1.54) is 0 Å². The minimum atomic E-state index is -0.724. The summed E-state index contributed by atoms with van der Waals surface area (Å²) in [5.41, 5.74) is 1.90. The lowest BCUT2D eigenvalue weighted by molar-refractivity contribution is -0.143. The van der Waals surface area contributed by atoms with Gasteiger partial charge in [0.1, 0.15) is 17.2 Å². The molecule has 1 aliphatic rings. The molecule has 2 aromatic carbocycles. The standard InChI is InChI=1S/C23H28BrNO5/c1-4-30-18-9-8-16(24)14-17(18)22(25-12-10-15(11-13-25)23(26)27)21-19(28-2)6-5-7-20(21)29-3/h5-9,14-15,22H,4,10-13H2,1-3H3,(H,26,27). The molecule has 1 N–H and O–H groups in total. The molecule has 6 nitrogen and oxygen atoms in total. The van der Waals surface area contributed by atoms with Gasteiger partial charge in [0.2, 0.25) is 0 Å². The lowest BCUT2D eigenvalue weighted by Gasteiger charge is -2.38. The quantitative estimate of drug-likeness (QED) is 0.591. The number of hydrogen-bond acceptors (Lipinski definition) is 5. The monoisotopic (exact) mass is 477 g/mol. The SMILES string of the molecule is CCOc1ccc(Br)cc1C(c1c(OC)cccc1OC)N1CCC(C(=O)O)CC1. The van der Waals surface area contributed by atoms with Crippen molar-refractivity contribution >= 4 is 21.9 Å². The number of likely N-dealkylation sites (tertiary alicyclic amines) is 1. The van der Waals surface area contributed by atoms with Crippen LogP contribution in [0.3, 0.4) is 0 Å². The smallest absolute Gasteiger partial charge is 0.306 e. The van der Waals surface area contributed by atoms with Gasteiger partial charge >= 0.3 is 5.97 Å². The van der Waals surface area contributed by atoms with E-state index in [0.29, 0.717) is 32.5 Å². The predicted molar refractivity (Wildman–Crippen MR) is 119 cm³/mol. The highest BCUT2D eigenvalue weighted by Gasteiger charge is 2.35. The van der Waals surface area contributed by atoms with Gasteiger partial charge in [-0.1, -0.05) is 22.0 Å². The van der Waals surface area contributed by atoms with E-state index in [1.807, 2.05) is 37.3 Å². The zero-order chi connectivity index (χ0) is 21.7. The molecular formula is C23H28BrNO5. The van der Waals surface area contributed by atoms with Crippen molar-refractivity contribution in [3.05, 3.63) is 52.0 Å². The van der Waals surface area contributed by atoms with Crippen molar-refractivity contribution < 1.29 is 24.1 Å². The van der Waals surface area contributed by atoms with Gasteiger partial charge in [0.25, 0.3) is 0 Å². The Morgan fingerprint density at radius 3 is 2.30 bits per heavy atom. The molecule has 0 aromatic heterocycles. The number of benzene rings is 2. The summed E-state index contributed by atoms with van der Waals surface area (Å²) in [4.78, 5) is 13.8. The summed E-state index contributed by atoms with van der Waals surface area (Å²) in [6.07, 6.45) is 1.20. The maximum absolute atomic E-state index is 11.5. The van der Waals surface area contributed by atoms with Crippen LogP contribution in [0, 0.1) is 5.92 Å². The van der Waals surface area contributed by atoms with Gasteiger partial charge in [-0.25, -0.2) is 0 Å². The molecule has 162 valence electrons. The normalized spacial score (nSPS) is 16.1. The number of methoxy groups -OCH3 is 2. The van der Waals surface area contributed by atoms with Gasteiger partial charge in [-0.2, -0.15) is 0 Å². The Labute approximate surface area is 185 Å². The fraction of sp³-hybridized carbons (Fsp3) is 0.435. The van der Waals surface area contributed by atoms with E-state index in [2.05, 4.69) is 26.9 Å². The van der Waals surface area contributed by atoms with Gasteiger partial charge in [-0.05, 0) is 63.2 Å². The van der Waals surface area contributed by atoms with Crippen LogP contribution >= 0.6 is 15.9 Å². The minimum absolute atomic E-state index is 0.204. The van der Waals surface area contributed by atoms with Crippen molar-refractivity contribution in [2.24, 2.45) is 5.92 Å². The number of nitrogens with zero attached hydrogens (tertiary/aromatic N) is 1. The van der Waals surface area contributed by atoms with Gasteiger partial charge in [0.05, 0.1) is 38.3 Å². The summed E-state index contributed by atoms with van der Waals surface area (Å²) in [7, 11) is 3.30. The molecule has 0 spiro atoms. The van der Waals surface area contributed by atoms with Crippen LogP contribution in [0.25, 0.3) is 0 Å². The average molecular weight is 478 g/mol. The Bertz CT molecular complexity index is 858. The Kier molecular flexibility index (Phi) is 7.61. The molecule has 0 bridgehead atoms. The fourth-order valence-corrected chi connectivity index (χ4v) is 4.49.